The topological polar surface area (TPSA) is 52.1 Å². The van der Waals surface area contributed by atoms with Crippen molar-refractivity contribution in [2.45, 2.75) is 11.0 Å². The average molecular weight is 352 g/mol. The molecule has 0 saturated heterocycles. The average Bonchev–Trinajstić information content (AvgIpc) is 3.31. The van der Waals surface area contributed by atoms with Crippen molar-refractivity contribution >= 4 is 11.8 Å². The fourth-order valence-corrected chi connectivity index (χ4v) is 2.97. The summed E-state index contributed by atoms with van der Waals surface area (Å²) in [7, 11) is 0. The third kappa shape index (κ3) is 3.64. The normalized spacial score (nSPS) is 10.9. The highest BCUT2D eigenvalue weighted by molar-refractivity contribution is 7.98. The van der Waals surface area contributed by atoms with Crippen molar-refractivity contribution in [2.24, 2.45) is 0 Å². The minimum atomic E-state index is -0.280. The number of hydrogen-bond acceptors (Lipinski definition) is 5. The van der Waals surface area contributed by atoms with E-state index in [4.69, 9.17) is 8.83 Å². The number of aromatic nitrogens is 2. The van der Waals surface area contributed by atoms with Crippen LogP contribution in [0.15, 0.2) is 81.1 Å². The second kappa shape index (κ2) is 6.94. The van der Waals surface area contributed by atoms with Gasteiger partial charge in [-0.25, -0.2) is 14.4 Å². The van der Waals surface area contributed by atoms with Crippen molar-refractivity contribution in [3.8, 4) is 22.8 Å². The van der Waals surface area contributed by atoms with Crippen molar-refractivity contribution in [2.75, 3.05) is 0 Å². The van der Waals surface area contributed by atoms with E-state index in [1.165, 1.54) is 23.9 Å². The second-order valence-corrected chi connectivity index (χ2v) is 6.22. The van der Waals surface area contributed by atoms with E-state index < -0.39 is 0 Å². The standard InChI is InChI=1S/C19H13FN2O2S/c20-15-8-6-13(7-9-15)17-10-21-19(24-17)25-12-16-11-23-18(22-16)14-4-2-1-3-5-14/h1-11H,12H2. The molecule has 4 aromatic rings. The first kappa shape index (κ1) is 15.7. The molecule has 0 atom stereocenters. The molecule has 0 bridgehead atoms. The van der Waals surface area contributed by atoms with Crippen LogP contribution in [0.2, 0.25) is 0 Å². The van der Waals surface area contributed by atoms with Crippen molar-refractivity contribution < 1.29 is 13.2 Å². The van der Waals surface area contributed by atoms with Crippen LogP contribution in [0, 0.1) is 5.82 Å². The van der Waals surface area contributed by atoms with Gasteiger partial charge in [-0.2, -0.15) is 0 Å². The van der Waals surface area contributed by atoms with Crippen molar-refractivity contribution in [3.05, 3.63) is 78.6 Å². The molecule has 0 aliphatic rings. The molecule has 2 heterocycles. The van der Waals surface area contributed by atoms with Crippen LogP contribution in [0.3, 0.4) is 0 Å². The molecular formula is C19H13FN2O2S. The van der Waals surface area contributed by atoms with E-state index >= 15 is 0 Å². The molecule has 0 aliphatic carbocycles. The van der Waals surface area contributed by atoms with Crippen molar-refractivity contribution in [1.29, 1.82) is 0 Å². The molecule has 0 amide bonds. The monoisotopic (exact) mass is 352 g/mol. The van der Waals surface area contributed by atoms with Gasteiger partial charge >= 0.3 is 0 Å². The maximum atomic E-state index is 13.0. The Hall–Kier alpha value is -2.86. The highest BCUT2D eigenvalue weighted by atomic mass is 32.2. The zero-order valence-electron chi connectivity index (χ0n) is 13.1. The number of nitrogens with zero attached hydrogens (tertiary/aromatic N) is 2. The van der Waals surface area contributed by atoms with Gasteiger partial charge in [-0.3, -0.25) is 0 Å². The van der Waals surface area contributed by atoms with Gasteiger partial charge in [-0.05, 0) is 36.4 Å². The Bertz CT molecular complexity index is 965. The minimum absolute atomic E-state index is 0.280. The van der Waals surface area contributed by atoms with Gasteiger partial charge in [0, 0.05) is 16.9 Å². The maximum absolute atomic E-state index is 13.0. The summed E-state index contributed by atoms with van der Waals surface area (Å²) in [5.74, 6) is 1.50. The molecule has 2 aromatic heterocycles. The van der Waals surface area contributed by atoms with Crippen LogP contribution in [-0.4, -0.2) is 9.97 Å². The predicted octanol–water partition coefficient (Wildman–Crippen LogP) is 5.43. The molecular weight excluding hydrogens is 339 g/mol. The molecule has 0 radical (unpaired) electrons. The van der Waals surface area contributed by atoms with E-state index in [0.29, 0.717) is 22.6 Å². The summed E-state index contributed by atoms with van der Waals surface area (Å²) in [6, 6.07) is 15.8. The van der Waals surface area contributed by atoms with Gasteiger partial charge in [0.1, 0.15) is 12.1 Å². The molecule has 0 N–H and O–H groups in total. The smallest absolute Gasteiger partial charge is 0.256 e. The summed E-state index contributed by atoms with van der Waals surface area (Å²) in [4.78, 5) is 8.71. The van der Waals surface area contributed by atoms with Crippen LogP contribution in [0.1, 0.15) is 5.69 Å². The lowest BCUT2D eigenvalue weighted by atomic mass is 10.2. The van der Waals surface area contributed by atoms with Crippen molar-refractivity contribution in [1.82, 2.24) is 9.97 Å². The third-order valence-electron chi connectivity index (χ3n) is 3.53. The molecule has 4 rings (SSSR count). The van der Waals surface area contributed by atoms with E-state index in [1.807, 2.05) is 30.3 Å². The van der Waals surface area contributed by atoms with Crippen LogP contribution < -0.4 is 0 Å². The van der Waals surface area contributed by atoms with Crippen LogP contribution in [0.4, 0.5) is 4.39 Å². The number of rotatable bonds is 5. The van der Waals surface area contributed by atoms with Gasteiger partial charge < -0.3 is 8.83 Å². The van der Waals surface area contributed by atoms with Gasteiger partial charge in [0.15, 0.2) is 5.76 Å². The summed E-state index contributed by atoms with van der Waals surface area (Å²) in [6.07, 6.45) is 3.27. The fourth-order valence-electron chi connectivity index (χ4n) is 2.29. The number of halogens is 1. The third-order valence-corrected chi connectivity index (χ3v) is 4.41. The Morgan fingerprint density at radius 3 is 2.56 bits per heavy atom. The van der Waals surface area contributed by atoms with E-state index in [-0.39, 0.29) is 5.82 Å². The van der Waals surface area contributed by atoms with E-state index in [1.54, 1.807) is 24.6 Å². The zero-order chi connectivity index (χ0) is 17.1. The fraction of sp³-hybridized carbons (Fsp3) is 0.0526. The molecule has 0 aliphatic heterocycles. The predicted molar refractivity (Wildman–Crippen MR) is 93.4 cm³/mol. The van der Waals surface area contributed by atoms with Gasteiger partial charge in [-0.1, -0.05) is 30.0 Å². The molecule has 25 heavy (non-hydrogen) atoms. The SMILES string of the molecule is Fc1ccc(-c2cnc(SCc3coc(-c4ccccc4)n3)o2)cc1. The van der Waals surface area contributed by atoms with Crippen LogP contribution >= 0.6 is 11.8 Å². The first-order chi connectivity index (χ1) is 12.3. The first-order valence-corrected chi connectivity index (χ1v) is 8.61. The lowest BCUT2D eigenvalue weighted by molar-refractivity contribution is 0.466. The Morgan fingerprint density at radius 1 is 0.960 bits per heavy atom. The van der Waals surface area contributed by atoms with Crippen LogP contribution in [-0.2, 0) is 5.75 Å². The first-order valence-electron chi connectivity index (χ1n) is 7.62. The van der Waals surface area contributed by atoms with Gasteiger partial charge in [0.25, 0.3) is 5.22 Å². The highest BCUT2D eigenvalue weighted by Crippen LogP contribution is 2.28. The quantitative estimate of drug-likeness (QED) is 0.448. The minimum Gasteiger partial charge on any atom is -0.444 e. The van der Waals surface area contributed by atoms with Gasteiger partial charge in [0.05, 0.1) is 11.9 Å². The Labute approximate surface area is 147 Å². The zero-order valence-corrected chi connectivity index (χ0v) is 13.9. The Balaban J connectivity index is 1.42. The summed E-state index contributed by atoms with van der Waals surface area (Å²) in [6.45, 7) is 0. The summed E-state index contributed by atoms with van der Waals surface area (Å²) in [5.41, 5.74) is 2.53. The lowest BCUT2D eigenvalue weighted by Gasteiger charge is -1.96. The number of thioether (sulfide) groups is 1. The number of benzene rings is 2. The lowest BCUT2D eigenvalue weighted by Crippen LogP contribution is -1.82. The molecule has 0 fully saturated rings. The van der Waals surface area contributed by atoms with E-state index in [9.17, 15) is 4.39 Å². The van der Waals surface area contributed by atoms with Crippen LogP contribution in [0.5, 0.6) is 0 Å². The molecule has 0 unspecified atom stereocenters. The summed E-state index contributed by atoms with van der Waals surface area (Å²) < 4.78 is 24.2. The molecule has 2 aromatic carbocycles. The van der Waals surface area contributed by atoms with Gasteiger partial charge in [-0.15, -0.1) is 0 Å². The molecule has 124 valence electrons. The van der Waals surface area contributed by atoms with Gasteiger partial charge in [0.2, 0.25) is 5.89 Å². The highest BCUT2D eigenvalue weighted by Gasteiger charge is 2.10. The molecule has 6 heteroatoms. The van der Waals surface area contributed by atoms with Crippen molar-refractivity contribution in [3.63, 3.8) is 0 Å². The Kier molecular flexibility index (Phi) is 4.35. The maximum Gasteiger partial charge on any atom is 0.256 e. The summed E-state index contributed by atoms with van der Waals surface area (Å²) in [5, 5.41) is 0.531. The molecule has 0 spiro atoms. The van der Waals surface area contributed by atoms with Crippen LogP contribution in [0.25, 0.3) is 22.8 Å². The Morgan fingerprint density at radius 2 is 1.76 bits per heavy atom. The number of oxazole rings is 2. The summed E-state index contributed by atoms with van der Waals surface area (Å²) >= 11 is 1.43. The van der Waals surface area contributed by atoms with E-state index in [2.05, 4.69) is 9.97 Å². The number of hydrogen-bond donors (Lipinski definition) is 0. The van der Waals surface area contributed by atoms with E-state index in [0.717, 1.165) is 16.8 Å². The molecule has 4 nitrogen and oxygen atoms in total. The molecule has 0 saturated carbocycles. The largest absolute Gasteiger partial charge is 0.444 e. The second-order valence-electron chi connectivity index (χ2n) is 5.30.